The second-order valence-electron chi connectivity index (χ2n) is 4.00. The van der Waals surface area contributed by atoms with Gasteiger partial charge in [0, 0.05) is 30.7 Å². The van der Waals surface area contributed by atoms with Crippen LogP contribution in [-0.2, 0) is 0 Å². The van der Waals surface area contributed by atoms with Gasteiger partial charge in [-0.3, -0.25) is 0 Å². The van der Waals surface area contributed by atoms with Crippen LogP contribution in [0, 0.1) is 0 Å². The van der Waals surface area contributed by atoms with Crippen LogP contribution in [0.2, 0.25) is 5.02 Å². The van der Waals surface area contributed by atoms with Crippen LogP contribution in [0.1, 0.15) is 6.92 Å². The van der Waals surface area contributed by atoms with Crippen molar-refractivity contribution in [1.29, 1.82) is 0 Å². The predicted molar refractivity (Wildman–Crippen MR) is 65.5 cm³/mol. The van der Waals surface area contributed by atoms with Crippen LogP contribution in [0.4, 0.5) is 11.4 Å². The number of nitrogen functional groups attached to an aromatic ring is 1. The van der Waals surface area contributed by atoms with Gasteiger partial charge in [0.25, 0.3) is 0 Å². The Kier molecular flexibility index (Phi) is 3.03. The van der Waals surface area contributed by atoms with Gasteiger partial charge in [0.2, 0.25) is 0 Å². The molecule has 0 bridgehead atoms. The molecule has 1 aromatic carbocycles. The van der Waals surface area contributed by atoms with Crippen molar-refractivity contribution in [3.63, 3.8) is 0 Å². The van der Waals surface area contributed by atoms with Gasteiger partial charge in [-0.25, -0.2) is 0 Å². The highest BCUT2D eigenvalue weighted by Crippen LogP contribution is 2.27. The minimum absolute atomic E-state index is 0.497. The Bertz CT molecular complexity index is 354. The molecule has 82 valence electrons. The third kappa shape index (κ3) is 2.36. The zero-order valence-corrected chi connectivity index (χ0v) is 9.59. The molecule has 1 aliphatic rings. The Hall–Kier alpha value is -0.930. The predicted octanol–water partition coefficient (Wildman–Crippen LogP) is 1.72. The lowest BCUT2D eigenvalue weighted by molar-refractivity contribution is 0.485. The number of hydrogen-bond donors (Lipinski definition) is 2. The molecule has 1 fully saturated rings. The monoisotopic (exact) mass is 225 g/mol. The van der Waals surface area contributed by atoms with Crippen molar-refractivity contribution < 1.29 is 0 Å². The first-order chi connectivity index (χ1) is 7.16. The van der Waals surface area contributed by atoms with E-state index in [1.54, 1.807) is 0 Å². The van der Waals surface area contributed by atoms with E-state index in [0.717, 1.165) is 36.0 Å². The molecule has 0 aliphatic carbocycles. The highest BCUT2D eigenvalue weighted by atomic mass is 35.5. The molecule has 0 spiro atoms. The number of halogens is 1. The standard InChI is InChI=1S/C11H16ClN3/c1-8-7-15(5-4-14-8)11-6-9(12)2-3-10(11)13/h2-3,6,8,14H,4-5,7,13H2,1H3. The maximum absolute atomic E-state index is 5.97. The summed E-state index contributed by atoms with van der Waals surface area (Å²) in [6.45, 7) is 5.12. The molecular formula is C11H16ClN3. The summed E-state index contributed by atoms with van der Waals surface area (Å²) in [7, 11) is 0. The smallest absolute Gasteiger partial charge is 0.0615 e. The fourth-order valence-electron chi connectivity index (χ4n) is 1.94. The van der Waals surface area contributed by atoms with Gasteiger partial charge in [-0.05, 0) is 25.1 Å². The lowest BCUT2D eigenvalue weighted by Gasteiger charge is -2.34. The Morgan fingerprint density at radius 1 is 1.53 bits per heavy atom. The summed E-state index contributed by atoms with van der Waals surface area (Å²) in [5, 5.41) is 4.14. The molecule has 1 aliphatic heterocycles. The lowest BCUT2D eigenvalue weighted by Crippen LogP contribution is -2.49. The maximum Gasteiger partial charge on any atom is 0.0615 e. The first kappa shape index (κ1) is 10.6. The minimum Gasteiger partial charge on any atom is -0.397 e. The highest BCUT2D eigenvalue weighted by Gasteiger charge is 2.17. The Morgan fingerprint density at radius 3 is 3.07 bits per heavy atom. The number of piperazine rings is 1. The van der Waals surface area contributed by atoms with Crippen LogP contribution in [0.25, 0.3) is 0 Å². The Morgan fingerprint density at radius 2 is 2.33 bits per heavy atom. The number of nitrogens with zero attached hydrogens (tertiary/aromatic N) is 1. The van der Waals surface area contributed by atoms with Gasteiger partial charge >= 0.3 is 0 Å². The molecule has 1 heterocycles. The van der Waals surface area contributed by atoms with E-state index in [1.807, 2.05) is 18.2 Å². The van der Waals surface area contributed by atoms with E-state index >= 15 is 0 Å². The SMILES string of the molecule is CC1CN(c2cc(Cl)ccc2N)CCN1. The summed E-state index contributed by atoms with van der Waals surface area (Å²) in [6.07, 6.45) is 0. The average Bonchev–Trinajstić information content (AvgIpc) is 2.22. The fourth-order valence-corrected chi connectivity index (χ4v) is 2.11. The molecule has 1 unspecified atom stereocenters. The van der Waals surface area contributed by atoms with Crippen LogP contribution in [-0.4, -0.2) is 25.7 Å². The van der Waals surface area contributed by atoms with E-state index in [9.17, 15) is 0 Å². The largest absolute Gasteiger partial charge is 0.397 e. The minimum atomic E-state index is 0.497. The number of nitrogens with two attached hydrogens (primary N) is 1. The summed E-state index contributed by atoms with van der Waals surface area (Å²) in [6, 6.07) is 6.13. The molecule has 3 N–H and O–H groups in total. The van der Waals surface area contributed by atoms with Crippen LogP contribution in [0.3, 0.4) is 0 Å². The lowest BCUT2D eigenvalue weighted by atomic mass is 10.2. The molecule has 3 nitrogen and oxygen atoms in total. The second kappa shape index (κ2) is 4.29. The normalized spacial score (nSPS) is 21.7. The molecule has 0 radical (unpaired) electrons. The number of rotatable bonds is 1. The van der Waals surface area contributed by atoms with Crippen molar-refractivity contribution in [3.8, 4) is 0 Å². The summed E-state index contributed by atoms with van der Waals surface area (Å²) in [4.78, 5) is 2.28. The molecular weight excluding hydrogens is 210 g/mol. The van der Waals surface area contributed by atoms with E-state index in [2.05, 4.69) is 17.1 Å². The molecule has 2 rings (SSSR count). The van der Waals surface area contributed by atoms with Gasteiger partial charge in [-0.15, -0.1) is 0 Å². The number of nitrogens with one attached hydrogen (secondary N) is 1. The van der Waals surface area contributed by atoms with E-state index in [4.69, 9.17) is 17.3 Å². The third-order valence-electron chi connectivity index (χ3n) is 2.70. The Balaban J connectivity index is 2.24. The van der Waals surface area contributed by atoms with Crippen molar-refractivity contribution in [2.24, 2.45) is 0 Å². The number of benzene rings is 1. The average molecular weight is 226 g/mol. The van der Waals surface area contributed by atoms with Crippen LogP contribution >= 0.6 is 11.6 Å². The molecule has 1 atom stereocenters. The summed E-state index contributed by atoms with van der Waals surface area (Å²) < 4.78 is 0. The molecule has 1 saturated heterocycles. The van der Waals surface area contributed by atoms with Crippen LogP contribution in [0.5, 0.6) is 0 Å². The maximum atomic E-state index is 5.97. The molecule has 15 heavy (non-hydrogen) atoms. The Labute approximate surface area is 95.2 Å². The number of anilines is 2. The molecule has 0 aromatic heterocycles. The van der Waals surface area contributed by atoms with Gasteiger partial charge in [0.1, 0.15) is 0 Å². The first-order valence-electron chi connectivity index (χ1n) is 5.20. The van der Waals surface area contributed by atoms with Crippen molar-refractivity contribution in [1.82, 2.24) is 5.32 Å². The van der Waals surface area contributed by atoms with Gasteiger partial charge in [0.15, 0.2) is 0 Å². The van der Waals surface area contributed by atoms with Crippen LogP contribution in [0.15, 0.2) is 18.2 Å². The summed E-state index contributed by atoms with van der Waals surface area (Å²) in [5.74, 6) is 0. The topological polar surface area (TPSA) is 41.3 Å². The van der Waals surface area contributed by atoms with E-state index in [0.29, 0.717) is 6.04 Å². The van der Waals surface area contributed by atoms with Crippen molar-refractivity contribution in [2.75, 3.05) is 30.3 Å². The van der Waals surface area contributed by atoms with Crippen molar-refractivity contribution in [3.05, 3.63) is 23.2 Å². The number of hydrogen-bond acceptors (Lipinski definition) is 3. The fraction of sp³-hybridized carbons (Fsp3) is 0.455. The van der Waals surface area contributed by atoms with E-state index in [-0.39, 0.29) is 0 Å². The summed E-state index contributed by atoms with van der Waals surface area (Å²) >= 11 is 5.97. The quantitative estimate of drug-likeness (QED) is 0.716. The molecule has 0 amide bonds. The van der Waals surface area contributed by atoms with Crippen molar-refractivity contribution in [2.45, 2.75) is 13.0 Å². The third-order valence-corrected chi connectivity index (χ3v) is 2.94. The van der Waals surface area contributed by atoms with E-state index < -0.39 is 0 Å². The highest BCUT2D eigenvalue weighted by molar-refractivity contribution is 6.31. The van der Waals surface area contributed by atoms with Gasteiger partial charge in [0.05, 0.1) is 11.4 Å². The molecule has 0 saturated carbocycles. The molecule has 4 heteroatoms. The first-order valence-corrected chi connectivity index (χ1v) is 5.58. The van der Waals surface area contributed by atoms with Gasteiger partial charge in [-0.1, -0.05) is 11.6 Å². The van der Waals surface area contributed by atoms with Crippen LogP contribution < -0.4 is 16.0 Å². The van der Waals surface area contributed by atoms with E-state index in [1.165, 1.54) is 0 Å². The van der Waals surface area contributed by atoms with Crippen molar-refractivity contribution >= 4 is 23.0 Å². The van der Waals surface area contributed by atoms with Gasteiger partial charge < -0.3 is 16.0 Å². The summed E-state index contributed by atoms with van der Waals surface area (Å²) in [5.41, 5.74) is 7.80. The zero-order chi connectivity index (χ0) is 10.8. The van der Waals surface area contributed by atoms with Gasteiger partial charge in [-0.2, -0.15) is 0 Å². The second-order valence-corrected chi connectivity index (χ2v) is 4.44. The molecule has 1 aromatic rings. The zero-order valence-electron chi connectivity index (χ0n) is 8.83.